The summed E-state index contributed by atoms with van der Waals surface area (Å²) < 4.78 is 14.0. The van der Waals surface area contributed by atoms with E-state index in [0.717, 1.165) is 11.0 Å². The van der Waals surface area contributed by atoms with Gasteiger partial charge < -0.3 is 15.4 Å². The molecule has 3 rings (SSSR count). The van der Waals surface area contributed by atoms with E-state index in [1.807, 2.05) is 24.3 Å². The maximum absolute atomic E-state index is 13.7. The summed E-state index contributed by atoms with van der Waals surface area (Å²) in [4.78, 5) is 18.6. The molecule has 1 amide bonds. The van der Waals surface area contributed by atoms with Crippen LogP contribution in [0, 0.1) is 5.82 Å². The van der Waals surface area contributed by atoms with E-state index < -0.39 is 12.1 Å². The Morgan fingerprint density at radius 1 is 1.35 bits per heavy atom. The van der Waals surface area contributed by atoms with Crippen LogP contribution < -0.4 is 5.32 Å². The summed E-state index contributed by atoms with van der Waals surface area (Å²) in [5.41, 5.74) is 2.24. The Morgan fingerprint density at radius 2 is 2.13 bits per heavy atom. The van der Waals surface area contributed by atoms with E-state index in [-0.39, 0.29) is 12.2 Å². The molecule has 23 heavy (non-hydrogen) atoms. The van der Waals surface area contributed by atoms with Gasteiger partial charge in [0.25, 0.3) is 0 Å². The first-order chi connectivity index (χ1) is 11.0. The van der Waals surface area contributed by atoms with Crippen LogP contribution in [0.4, 0.5) is 9.18 Å². The molecule has 118 valence electrons. The molecule has 0 aliphatic heterocycles. The highest BCUT2D eigenvalue weighted by Gasteiger charge is 2.19. The van der Waals surface area contributed by atoms with Crippen LogP contribution in [0.15, 0.2) is 46.9 Å². The number of para-hydroxylation sites is 2. The number of aromatic nitrogens is 2. The van der Waals surface area contributed by atoms with Gasteiger partial charge in [-0.15, -0.1) is 0 Å². The number of imidazole rings is 1. The van der Waals surface area contributed by atoms with Gasteiger partial charge in [-0.25, -0.2) is 14.2 Å². The molecule has 1 aromatic heterocycles. The third kappa shape index (κ3) is 3.50. The molecule has 3 N–H and O–H groups in total. The molecule has 7 heteroatoms. The Balaban J connectivity index is 1.93. The predicted octanol–water partition coefficient (Wildman–Crippen LogP) is 4.02. The maximum Gasteiger partial charge on any atom is 0.405 e. The molecule has 0 saturated carbocycles. The minimum Gasteiger partial charge on any atom is -0.465 e. The van der Waals surface area contributed by atoms with E-state index in [1.165, 1.54) is 6.07 Å². The zero-order chi connectivity index (χ0) is 16.4. The number of halogens is 2. The maximum atomic E-state index is 13.7. The molecule has 3 aromatic rings. The highest BCUT2D eigenvalue weighted by Crippen LogP contribution is 2.22. The van der Waals surface area contributed by atoms with Crippen LogP contribution in [-0.2, 0) is 6.42 Å². The van der Waals surface area contributed by atoms with Crippen LogP contribution in [0.1, 0.15) is 17.4 Å². The molecule has 1 atom stereocenters. The van der Waals surface area contributed by atoms with Gasteiger partial charge in [-0.1, -0.05) is 18.2 Å². The Hall–Kier alpha value is -2.41. The van der Waals surface area contributed by atoms with Gasteiger partial charge in [0, 0.05) is 6.42 Å². The third-order valence-corrected chi connectivity index (χ3v) is 4.10. The van der Waals surface area contributed by atoms with Crippen molar-refractivity contribution in [1.29, 1.82) is 0 Å². The van der Waals surface area contributed by atoms with Crippen LogP contribution in [0.2, 0.25) is 0 Å². The van der Waals surface area contributed by atoms with Gasteiger partial charge in [-0.2, -0.15) is 0 Å². The molecular formula is C16H13BrFN3O2. The van der Waals surface area contributed by atoms with Crippen LogP contribution >= 0.6 is 15.9 Å². The van der Waals surface area contributed by atoms with E-state index in [4.69, 9.17) is 5.11 Å². The quantitative estimate of drug-likeness (QED) is 0.642. The number of carbonyl (C=O) groups is 1. The second-order valence-corrected chi connectivity index (χ2v) is 5.95. The lowest BCUT2D eigenvalue weighted by atomic mass is 10.1. The van der Waals surface area contributed by atoms with E-state index in [0.29, 0.717) is 15.9 Å². The SMILES string of the molecule is O=C(O)NC(Cc1ccc(Br)c(F)c1)c1nc2ccccc2[nH]1. The van der Waals surface area contributed by atoms with Gasteiger partial charge in [0.2, 0.25) is 0 Å². The fourth-order valence-corrected chi connectivity index (χ4v) is 2.65. The van der Waals surface area contributed by atoms with Gasteiger partial charge in [0.1, 0.15) is 11.6 Å². The minimum absolute atomic E-state index is 0.288. The van der Waals surface area contributed by atoms with Crippen molar-refractivity contribution in [3.05, 3.63) is 64.1 Å². The lowest BCUT2D eigenvalue weighted by Gasteiger charge is -2.15. The summed E-state index contributed by atoms with van der Waals surface area (Å²) in [5, 5.41) is 11.5. The Kier molecular flexibility index (Phi) is 4.29. The number of aromatic amines is 1. The van der Waals surface area contributed by atoms with E-state index in [2.05, 4.69) is 31.2 Å². The van der Waals surface area contributed by atoms with Crippen LogP contribution in [0.5, 0.6) is 0 Å². The zero-order valence-corrected chi connectivity index (χ0v) is 13.5. The monoisotopic (exact) mass is 377 g/mol. The first-order valence-corrected chi connectivity index (χ1v) is 7.70. The molecule has 1 unspecified atom stereocenters. The Morgan fingerprint density at radius 3 is 2.83 bits per heavy atom. The molecule has 0 spiro atoms. The number of nitrogens with one attached hydrogen (secondary N) is 2. The summed E-state index contributed by atoms with van der Waals surface area (Å²) in [6.07, 6.45) is -0.871. The Bertz CT molecular complexity index is 832. The highest BCUT2D eigenvalue weighted by molar-refractivity contribution is 9.10. The number of rotatable bonds is 4. The number of carboxylic acid groups (broad SMARTS) is 1. The van der Waals surface area contributed by atoms with Crippen molar-refractivity contribution in [2.45, 2.75) is 12.5 Å². The lowest BCUT2D eigenvalue weighted by molar-refractivity contribution is 0.189. The molecule has 0 bridgehead atoms. The average Bonchev–Trinajstić information content (AvgIpc) is 2.94. The van der Waals surface area contributed by atoms with Crippen molar-refractivity contribution in [2.75, 3.05) is 0 Å². The smallest absolute Gasteiger partial charge is 0.405 e. The summed E-state index contributed by atoms with van der Waals surface area (Å²) in [6, 6.07) is 11.6. The van der Waals surface area contributed by atoms with E-state index in [1.54, 1.807) is 12.1 Å². The molecule has 2 aromatic carbocycles. The Labute approximate surface area is 139 Å². The molecule has 1 heterocycles. The van der Waals surface area contributed by atoms with Crippen molar-refractivity contribution in [2.24, 2.45) is 0 Å². The molecule has 0 saturated heterocycles. The number of H-pyrrole nitrogens is 1. The molecule has 0 fully saturated rings. The number of hydrogen-bond acceptors (Lipinski definition) is 2. The van der Waals surface area contributed by atoms with Crippen molar-refractivity contribution < 1.29 is 14.3 Å². The van der Waals surface area contributed by atoms with Crippen molar-refractivity contribution >= 4 is 33.1 Å². The lowest BCUT2D eigenvalue weighted by Crippen LogP contribution is -2.29. The summed E-state index contributed by atoms with van der Waals surface area (Å²) in [6.45, 7) is 0. The predicted molar refractivity (Wildman–Crippen MR) is 87.8 cm³/mol. The first-order valence-electron chi connectivity index (χ1n) is 6.91. The topological polar surface area (TPSA) is 78.0 Å². The van der Waals surface area contributed by atoms with Crippen LogP contribution in [0.3, 0.4) is 0 Å². The first kappa shape index (κ1) is 15.5. The standard InChI is InChI=1S/C16H13BrFN3O2/c17-10-6-5-9(7-11(10)18)8-14(21-16(22)23)15-19-12-3-1-2-4-13(12)20-15/h1-7,14,21H,8H2,(H,19,20)(H,22,23). The van der Waals surface area contributed by atoms with Crippen molar-refractivity contribution in [3.8, 4) is 0 Å². The normalized spacial score (nSPS) is 12.3. The molecular weight excluding hydrogens is 365 g/mol. The fraction of sp³-hybridized carbons (Fsp3) is 0.125. The van der Waals surface area contributed by atoms with Gasteiger partial charge >= 0.3 is 6.09 Å². The fourth-order valence-electron chi connectivity index (χ4n) is 2.40. The van der Waals surface area contributed by atoms with Gasteiger partial charge in [0.05, 0.1) is 21.5 Å². The second-order valence-electron chi connectivity index (χ2n) is 5.09. The largest absolute Gasteiger partial charge is 0.465 e. The number of hydrogen-bond donors (Lipinski definition) is 3. The van der Waals surface area contributed by atoms with Crippen molar-refractivity contribution in [1.82, 2.24) is 15.3 Å². The third-order valence-electron chi connectivity index (χ3n) is 3.46. The summed E-state index contributed by atoms with van der Waals surface area (Å²) in [7, 11) is 0. The molecule has 0 radical (unpaired) electrons. The number of benzene rings is 2. The van der Waals surface area contributed by atoms with Crippen LogP contribution in [-0.4, -0.2) is 21.2 Å². The van der Waals surface area contributed by atoms with E-state index in [9.17, 15) is 9.18 Å². The number of amides is 1. The zero-order valence-electron chi connectivity index (χ0n) is 11.9. The second kappa shape index (κ2) is 6.37. The van der Waals surface area contributed by atoms with Gasteiger partial charge in [-0.3, -0.25) is 0 Å². The number of nitrogens with zero attached hydrogens (tertiary/aromatic N) is 1. The highest BCUT2D eigenvalue weighted by atomic mass is 79.9. The number of fused-ring (bicyclic) bond motifs is 1. The van der Waals surface area contributed by atoms with Gasteiger partial charge in [-0.05, 0) is 45.8 Å². The van der Waals surface area contributed by atoms with Crippen molar-refractivity contribution in [3.63, 3.8) is 0 Å². The average molecular weight is 378 g/mol. The minimum atomic E-state index is -1.16. The molecule has 0 aliphatic rings. The summed E-state index contributed by atoms with van der Waals surface area (Å²) in [5.74, 6) is 0.109. The molecule has 5 nitrogen and oxygen atoms in total. The molecule has 0 aliphatic carbocycles. The van der Waals surface area contributed by atoms with Crippen LogP contribution in [0.25, 0.3) is 11.0 Å². The van der Waals surface area contributed by atoms with Gasteiger partial charge in [0.15, 0.2) is 0 Å². The van der Waals surface area contributed by atoms with E-state index >= 15 is 0 Å². The summed E-state index contributed by atoms with van der Waals surface area (Å²) >= 11 is 3.10.